The van der Waals surface area contributed by atoms with Crippen molar-refractivity contribution in [1.82, 2.24) is 15.1 Å². The first-order valence-corrected chi connectivity index (χ1v) is 10.7. The number of aromatic nitrogens is 2. The van der Waals surface area contributed by atoms with Gasteiger partial charge in [-0.3, -0.25) is 9.89 Å². The minimum atomic E-state index is -2.92. The van der Waals surface area contributed by atoms with E-state index in [-0.39, 0.29) is 23.3 Å². The standard InChI is InChI=1S/C17H27N3O3S/c1-12(2)3-4-15-14-10-20(7-5-16(14)19-18-15)17(21)9-13-6-8-24(22,23)11-13/h12-13H,3-11H2,1-2H3,(H,18,19). The van der Waals surface area contributed by atoms with E-state index in [2.05, 4.69) is 24.0 Å². The number of sulfone groups is 1. The average molecular weight is 353 g/mol. The fourth-order valence-corrected chi connectivity index (χ4v) is 5.47. The molecule has 1 unspecified atom stereocenters. The molecule has 2 aliphatic heterocycles. The van der Waals surface area contributed by atoms with E-state index in [1.807, 2.05) is 4.90 Å². The molecule has 0 spiro atoms. The molecular formula is C17H27N3O3S. The molecule has 24 heavy (non-hydrogen) atoms. The average Bonchev–Trinajstić information content (AvgIpc) is 3.07. The molecule has 3 heterocycles. The van der Waals surface area contributed by atoms with Crippen LogP contribution in [0.25, 0.3) is 0 Å². The van der Waals surface area contributed by atoms with Gasteiger partial charge in [-0.25, -0.2) is 8.42 Å². The molecule has 6 nitrogen and oxygen atoms in total. The molecule has 1 aromatic rings. The molecule has 1 amide bonds. The molecule has 7 heteroatoms. The molecule has 0 bridgehead atoms. The lowest BCUT2D eigenvalue weighted by Gasteiger charge is -2.28. The lowest BCUT2D eigenvalue weighted by atomic mass is 9.98. The lowest BCUT2D eigenvalue weighted by Crippen LogP contribution is -2.37. The van der Waals surface area contributed by atoms with E-state index in [0.29, 0.717) is 31.8 Å². The Morgan fingerprint density at radius 2 is 2.21 bits per heavy atom. The Hall–Kier alpha value is -1.37. The van der Waals surface area contributed by atoms with Gasteiger partial charge in [0.25, 0.3) is 0 Å². The van der Waals surface area contributed by atoms with E-state index in [9.17, 15) is 13.2 Å². The summed E-state index contributed by atoms with van der Waals surface area (Å²) in [5.41, 5.74) is 3.41. The first-order valence-electron chi connectivity index (χ1n) is 8.87. The van der Waals surface area contributed by atoms with Gasteiger partial charge in [0.05, 0.1) is 17.2 Å². The molecule has 1 aromatic heterocycles. The van der Waals surface area contributed by atoms with Crippen molar-refractivity contribution in [2.75, 3.05) is 18.1 Å². The molecule has 3 rings (SSSR count). The van der Waals surface area contributed by atoms with Crippen LogP contribution in [0.2, 0.25) is 0 Å². The van der Waals surface area contributed by atoms with Crippen LogP contribution in [0, 0.1) is 11.8 Å². The van der Waals surface area contributed by atoms with Crippen molar-refractivity contribution in [3.8, 4) is 0 Å². The number of H-pyrrole nitrogens is 1. The van der Waals surface area contributed by atoms with Crippen LogP contribution in [0.15, 0.2) is 0 Å². The summed E-state index contributed by atoms with van der Waals surface area (Å²) in [5.74, 6) is 1.11. The number of nitrogens with one attached hydrogen (secondary N) is 1. The Morgan fingerprint density at radius 1 is 1.42 bits per heavy atom. The number of carbonyl (C=O) groups is 1. The van der Waals surface area contributed by atoms with Gasteiger partial charge < -0.3 is 4.90 Å². The molecule has 1 N–H and O–H groups in total. The maximum atomic E-state index is 12.6. The van der Waals surface area contributed by atoms with Gasteiger partial charge in [0, 0.05) is 37.2 Å². The summed E-state index contributed by atoms with van der Waals surface area (Å²) in [6.45, 7) is 5.70. The van der Waals surface area contributed by atoms with E-state index in [1.165, 1.54) is 5.56 Å². The first kappa shape index (κ1) is 17.5. The van der Waals surface area contributed by atoms with Crippen LogP contribution in [-0.4, -0.2) is 47.5 Å². The second-order valence-corrected chi connectivity index (χ2v) is 9.83. The summed E-state index contributed by atoms with van der Waals surface area (Å²) >= 11 is 0. The summed E-state index contributed by atoms with van der Waals surface area (Å²) in [4.78, 5) is 14.5. The number of rotatable bonds is 5. The molecule has 0 saturated carbocycles. The highest BCUT2D eigenvalue weighted by Crippen LogP contribution is 2.26. The molecule has 134 valence electrons. The third-order valence-electron chi connectivity index (χ3n) is 5.12. The highest BCUT2D eigenvalue weighted by atomic mass is 32.2. The topological polar surface area (TPSA) is 83.1 Å². The number of aryl methyl sites for hydroxylation is 1. The van der Waals surface area contributed by atoms with Crippen molar-refractivity contribution in [2.24, 2.45) is 11.8 Å². The molecule has 0 aliphatic carbocycles. The molecule has 0 aromatic carbocycles. The quantitative estimate of drug-likeness (QED) is 0.873. The smallest absolute Gasteiger partial charge is 0.223 e. The maximum absolute atomic E-state index is 12.6. The summed E-state index contributed by atoms with van der Waals surface area (Å²) < 4.78 is 23.1. The van der Waals surface area contributed by atoms with E-state index >= 15 is 0 Å². The fraction of sp³-hybridized carbons (Fsp3) is 0.765. The zero-order valence-corrected chi connectivity index (χ0v) is 15.4. The van der Waals surface area contributed by atoms with Gasteiger partial charge in [-0.2, -0.15) is 5.10 Å². The van der Waals surface area contributed by atoms with Crippen LogP contribution in [0.3, 0.4) is 0 Å². The molecule has 2 aliphatic rings. The Bertz CT molecular complexity index is 709. The number of amides is 1. The summed E-state index contributed by atoms with van der Waals surface area (Å²) in [6.07, 6.45) is 3.81. The summed E-state index contributed by atoms with van der Waals surface area (Å²) in [6, 6.07) is 0. The Kier molecular flexibility index (Phi) is 4.99. The molecule has 1 fully saturated rings. The van der Waals surface area contributed by atoms with Gasteiger partial charge in [-0.15, -0.1) is 0 Å². The SMILES string of the molecule is CC(C)CCc1n[nH]c2c1CN(C(=O)CC1CCS(=O)(=O)C1)CC2. The molecular weight excluding hydrogens is 326 g/mol. The van der Waals surface area contributed by atoms with Crippen LogP contribution in [0.1, 0.15) is 50.1 Å². The van der Waals surface area contributed by atoms with Crippen molar-refractivity contribution in [2.45, 2.75) is 52.5 Å². The Labute approximate surface area is 143 Å². The monoisotopic (exact) mass is 353 g/mol. The number of nitrogens with zero attached hydrogens (tertiary/aromatic N) is 2. The van der Waals surface area contributed by atoms with E-state index in [1.54, 1.807) is 0 Å². The zero-order valence-electron chi connectivity index (χ0n) is 14.5. The number of aromatic amines is 1. The Balaban J connectivity index is 1.61. The molecule has 1 atom stereocenters. The van der Waals surface area contributed by atoms with Gasteiger partial charge in [0.1, 0.15) is 0 Å². The van der Waals surface area contributed by atoms with Gasteiger partial charge in [0.2, 0.25) is 5.91 Å². The normalized spacial score (nSPS) is 22.8. The van der Waals surface area contributed by atoms with Crippen LogP contribution >= 0.6 is 0 Å². The van der Waals surface area contributed by atoms with Crippen LogP contribution in [-0.2, 0) is 34.0 Å². The number of carbonyl (C=O) groups excluding carboxylic acids is 1. The van der Waals surface area contributed by atoms with Crippen molar-refractivity contribution < 1.29 is 13.2 Å². The highest BCUT2D eigenvalue weighted by molar-refractivity contribution is 7.91. The lowest BCUT2D eigenvalue weighted by molar-refractivity contribution is -0.133. The van der Waals surface area contributed by atoms with E-state index in [0.717, 1.165) is 30.7 Å². The van der Waals surface area contributed by atoms with Crippen molar-refractivity contribution in [1.29, 1.82) is 0 Å². The predicted molar refractivity (Wildman–Crippen MR) is 92.2 cm³/mol. The third-order valence-corrected chi connectivity index (χ3v) is 6.96. The maximum Gasteiger partial charge on any atom is 0.223 e. The third kappa shape index (κ3) is 3.99. The summed E-state index contributed by atoms with van der Waals surface area (Å²) in [5, 5.41) is 7.57. The number of hydrogen-bond donors (Lipinski definition) is 1. The van der Waals surface area contributed by atoms with E-state index < -0.39 is 9.84 Å². The Morgan fingerprint density at radius 3 is 2.88 bits per heavy atom. The largest absolute Gasteiger partial charge is 0.338 e. The fourth-order valence-electron chi connectivity index (χ4n) is 3.61. The van der Waals surface area contributed by atoms with Crippen molar-refractivity contribution >= 4 is 15.7 Å². The second kappa shape index (κ2) is 6.86. The van der Waals surface area contributed by atoms with Gasteiger partial charge in [0.15, 0.2) is 9.84 Å². The van der Waals surface area contributed by atoms with Gasteiger partial charge >= 0.3 is 0 Å². The minimum Gasteiger partial charge on any atom is -0.338 e. The highest BCUT2D eigenvalue weighted by Gasteiger charge is 2.32. The predicted octanol–water partition coefficient (Wildman–Crippen LogP) is 1.71. The van der Waals surface area contributed by atoms with Crippen molar-refractivity contribution in [3.05, 3.63) is 17.0 Å². The number of hydrogen-bond acceptors (Lipinski definition) is 4. The first-order chi connectivity index (χ1) is 11.3. The molecule has 0 radical (unpaired) electrons. The summed E-state index contributed by atoms with van der Waals surface area (Å²) in [7, 11) is -2.92. The minimum absolute atomic E-state index is 0.00587. The van der Waals surface area contributed by atoms with Gasteiger partial charge in [-0.1, -0.05) is 13.8 Å². The van der Waals surface area contributed by atoms with Gasteiger partial charge in [-0.05, 0) is 31.1 Å². The van der Waals surface area contributed by atoms with Crippen LogP contribution in [0.4, 0.5) is 0 Å². The number of fused-ring (bicyclic) bond motifs is 1. The zero-order chi connectivity index (χ0) is 17.3. The van der Waals surface area contributed by atoms with E-state index in [4.69, 9.17) is 0 Å². The molecule has 1 saturated heterocycles. The van der Waals surface area contributed by atoms with Crippen molar-refractivity contribution in [3.63, 3.8) is 0 Å². The second-order valence-electron chi connectivity index (χ2n) is 7.60. The van der Waals surface area contributed by atoms with Crippen LogP contribution < -0.4 is 0 Å². The van der Waals surface area contributed by atoms with Crippen LogP contribution in [0.5, 0.6) is 0 Å².